The topological polar surface area (TPSA) is 122 Å². The normalized spacial score (nSPS) is 21.1. The van der Waals surface area contributed by atoms with E-state index in [1.807, 2.05) is 48.5 Å². The average Bonchev–Trinajstić information content (AvgIpc) is 3.00. The molecule has 0 bridgehead atoms. The molecule has 0 saturated carbocycles. The number of ether oxygens (including phenoxy) is 1. The van der Waals surface area contributed by atoms with Gasteiger partial charge in [-0.25, -0.2) is 8.42 Å². The highest BCUT2D eigenvalue weighted by Gasteiger charge is 2.54. The molecule has 1 saturated heterocycles. The van der Waals surface area contributed by atoms with Crippen LogP contribution in [0.1, 0.15) is 6.42 Å². The number of para-hydroxylation sites is 2. The number of nitrogens with two attached hydrogens (primary N) is 1. The zero-order valence-electron chi connectivity index (χ0n) is 15.8. The molecule has 1 unspecified atom stereocenters. The lowest BCUT2D eigenvalue weighted by molar-refractivity contribution is -0.223. The smallest absolute Gasteiger partial charge is 0.273 e. The number of carbonyl (C=O) groups is 1. The number of hydroxylamine groups is 2. The predicted octanol–water partition coefficient (Wildman–Crippen LogP) is 1.81. The van der Waals surface area contributed by atoms with Crippen molar-refractivity contribution in [3.63, 3.8) is 0 Å². The number of primary amides is 1. The van der Waals surface area contributed by atoms with Crippen LogP contribution in [-0.2, 0) is 15.5 Å². The zero-order valence-corrected chi connectivity index (χ0v) is 16.7. The van der Waals surface area contributed by atoms with E-state index in [4.69, 9.17) is 10.5 Å². The number of carbonyl (C=O) groups excluding carboxylic acids is 1. The molecule has 156 valence electrons. The number of hydrogen-bond acceptors (Lipinski definition) is 7. The summed E-state index contributed by atoms with van der Waals surface area (Å²) in [6, 6.07) is 18.3. The molecular formula is C20H25N3O5S. The van der Waals surface area contributed by atoms with E-state index in [0.29, 0.717) is 12.2 Å². The van der Waals surface area contributed by atoms with Crippen molar-refractivity contribution in [2.24, 2.45) is 11.7 Å². The maximum absolute atomic E-state index is 11.9. The Labute approximate surface area is 171 Å². The summed E-state index contributed by atoms with van der Waals surface area (Å²) in [5.41, 5.74) is 6.26. The Kier molecular flexibility index (Phi) is 8.20. The van der Waals surface area contributed by atoms with Crippen LogP contribution >= 0.6 is 0 Å². The van der Waals surface area contributed by atoms with Crippen LogP contribution in [0.5, 0.6) is 5.75 Å². The van der Waals surface area contributed by atoms with Crippen molar-refractivity contribution in [2.75, 3.05) is 17.6 Å². The van der Waals surface area contributed by atoms with Gasteiger partial charge >= 0.3 is 0 Å². The van der Waals surface area contributed by atoms with E-state index in [0.717, 1.165) is 10.8 Å². The minimum absolute atomic E-state index is 0.0926. The van der Waals surface area contributed by atoms with Crippen LogP contribution < -0.4 is 15.8 Å². The van der Waals surface area contributed by atoms with E-state index < -0.39 is 28.4 Å². The number of nitrogens with zero attached hydrogens (tertiary/aromatic N) is 1. The maximum atomic E-state index is 11.9. The first-order chi connectivity index (χ1) is 13.9. The summed E-state index contributed by atoms with van der Waals surface area (Å²) < 4.78 is 25.1. The highest BCUT2D eigenvalue weighted by molar-refractivity contribution is 7.72. The SMILES string of the molecule is C=CC[SH](=O)=O.NC(=O)C1CCN(O)[C@@]1(Nc1ccccc1)Oc1ccccc1. The summed E-state index contributed by atoms with van der Waals surface area (Å²) in [4.78, 5) is 11.9. The molecule has 2 aromatic carbocycles. The molecule has 0 radical (unpaired) electrons. The number of hydrogen-bond donors (Lipinski definition) is 4. The molecule has 1 amide bonds. The number of amides is 1. The quantitative estimate of drug-likeness (QED) is 0.307. The van der Waals surface area contributed by atoms with Gasteiger partial charge in [-0.1, -0.05) is 42.5 Å². The Hall–Kier alpha value is -2.88. The number of rotatable bonds is 7. The summed E-state index contributed by atoms with van der Waals surface area (Å²) >= 11 is 0. The van der Waals surface area contributed by atoms with Crippen molar-refractivity contribution in [2.45, 2.75) is 12.3 Å². The molecule has 8 nitrogen and oxygen atoms in total. The van der Waals surface area contributed by atoms with Crippen molar-refractivity contribution >= 4 is 22.3 Å². The van der Waals surface area contributed by atoms with Gasteiger partial charge in [-0.05, 0) is 30.7 Å². The Morgan fingerprint density at radius 3 is 2.31 bits per heavy atom. The van der Waals surface area contributed by atoms with E-state index in [9.17, 15) is 18.4 Å². The second-order valence-corrected chi connectivity index (χ2v) is 7.30. The largest absolute Gasteiger partial charge is 0.452 e. The van der Waals surface area contributed by atoms with Crippen molar-refractivity contribution < 1.29 is 23.2 Å². The molecule has 0 spiro atoms. The first kappa shape index (κ1) is 22.4. The molecule has 1 heterocycles. The Bertz CT molecular complexity index is 825. The van der Waals surface area contributed by atoms with Gasteiger partial charge < -0.3 is 21.0 Å². The van der Waals surface area contributed by atoms with Gasteiger partial charge in [0.15, 0.2) is 0 Å². The third kappa shape index (κ3) is 6.05. The summed E-state index contributed by atoms with van der Waals surface area (Å²) in [5.74, 6) is -2.04. The van der Waals surface area contributed by atoms with Crippen LogP contribution in [0.15, 0.2) is 73.3 Å². The molecule has 2 atom stereocenters. The molecule has 1 aliphatic heterocycles. The standard InChI is InChI=1S/C17H19N3O3.C3H6O2S/c18-16(21)15-11-12-20(22)17(15,19-13-7-3-1-4-8-13)23-14-9-5-2-6-10-14;1-2-3-6(4)5/h1-10,15,19,22H,11-12H2,(H2,18,21);2,6H,1,3H2/t15?,17-;/m1./s1. The highest BCUT2D eigenvalue weighted by Crippen LogP contribution is 2.36. The monoisotopic (exact) mass is 419 g/mol. The number of anilines is 1. The van der Waals surface area contributed by atoms with E-state index in [1.54, 1.807) is 12.1 Å². The molecule has 29 heavy (non-hydrogen) atoms. The van der Waals surface area contributed by atoms with E-state index in [-0.39, 0.29) is 12.3 Å². The first-order valence-corrected chi connectivity index (χ1v) is 10.3. The van der Waals surface area contributed by atoms with E-state index in [1.165, 1.54) is 6.08 Å². The molecule has 1 fully saturated rings. The van der Waals surface area contributed by atoms with E-state index >= 15 is 0 Å². The summed E-state index contributed by atoms with van der Waals surface area (Å²) in [6.07, 6.45) is 1.75. The minimum atomic E-state index is -2.22. The predicted molar refractivity (Wildman–Crippen MR) is 111 cm³/mol. The fourth-order valence-electron chi connectivity index (χ4n) is 2.93. The minimum Gasteiger partial charge on any atom is -0.452 e. The molecular weight excluding hydrogens is 394 g/mol. The molecule has 4 N–H and O–H groups in total. The van der Waals surface area contributed by atoms with Gasteiger partial charge in [0.1, 0.15) is 22.4 Å². The van der Waals surface area contributed by atoms with Crippen LogP contribution in [0.4, 0.5) is 5.69 Å². The van der Waals surface area contributed by atoms with Crippen LogP contribution in [0, 0.1) is 5.92 Å². The van der Waals surface area contributed by atoms with Gasteiger partial charge in [0, 0.05) is 12.2 Å². The Morgan fingerprint density at radius 1 is 1.24 bits per heavy atom. The molecule has 3 rings (SSSR count). The van der Waals surface area contributed by atoms with Gasteiger partial charge in [0.2, 0.25) is 5.91 Å². The summed E-state index contributed by atoms with van der Waals surface area (Å²) in [7, 11) is -2.22. The van der Waals surface area contributed by atoms with Gasteiger partial charge in [-0.2, -0.15) is 0 Å². The number of nitrogens with one attached hydrogen (secondary N) is 1. The second kappa shape index (κ2) is 10.6. The second-order valence-electron chi connectivity index (χ2n) is 6.27. The fraction of sp³-hybridized carbons (Fsp3) is 0.250. The van der Waals surface area contributed by atoms with Gasteiger partial charge in [0.05, 0.1) is 5.75 Å². The molecule has 9 heteroatoms. The van der Waals surface area contributed by atoms with Crippen LogP contribution in [0.3, 0.4) is 0 Å². The summed E-state index contributed by atoms with van der Waals surface area (Å²) in [6.45, 7) is 3.50. The number of benzene rings is 2. The van der Waals surface area contributed by atoms with Gasteiger partial charge in [0.25, 0.3) is 5.85 Å². The highest BCUT2D eigenvalue weighted by atomic mass is 32.2. The van der Waals surface area contributed by atoms with Crippen LogP contribution in [-0.4, -0.2) is 42.7 Å². The number of thiol groups is 1. The molecule has 2 aromatic rings. The zero-order chi connectivity index (χ0) is 21.3. The third-order valence-electron chi connectivity index (χ3n) is 4.22. The van der Waals surface area contributed by atoms with Crippen molar-refractivity contribution in [3.8, 4) is 5.75 Å². The summed E-state index contributed by atoms with van der Waals surface area (Å²) in [5, 5.41) is 14.6. The first-order valence-electron chi connectivity index (χ1n) is 8.95. The fourth-order valence-corrected chi connectivity index (χ4v) is 3.14. The van der Waals surface area contributed by atoms with Crippen LogP contribution in [0.25, 0.3) is 0 Å². The Morgan fingerprint density at radius 2 is 1.83 bits per heavy atom. The van der Waals surface area contributed by atoms with E-state index in [2.05, 4.69) is 11.9 Å². The van der Waals surface area contributed by atoms with Crippen molar-refractivity contribution in [1.29, 1.82) is 0 Å². The average molecular weight is 420 g/mol. The Balaban J connectivity index is 0.000000438. The maximum Gasteiger partial charge on any atom is 0.273 e. The lowest BCUT2D eigenvalue weighted by Gasteiger charge is -2.39. The van der Waals surface area contributed by atoms with Gasteiger partial charge in [-0.3, -0.25) is 4.79 Å². The molecule has 0 aromatic heterocycles. The van der Waals surface area contributed by atoms with Gasteiger partial charge in [-0.15, -0.1) is 11.6 Å². The lowest BCUT2D eigenvalue weighted by atomic mass is 10.0. The van der Waals surface area contributed by atoms with Crippen LogP contribution in [0.2, 0.25) is 0 Å². The third-order valence-corrected chi connectivity index (χ3v) is 4.78. The van der Waals surface area contributed by atoms with Crippen molar-refractivity contribution in [3.05, 3.63) is 73.3 Å². The van der Waals surface area contributed by atoms with Crippen molar-refractivity contribution in [1.82, 2.24) is 5.06 Å². The lowest BCUT2D eigenvalue weighted by Crippen LogP contribution is -2.60. The molecule has 0 aliphatic carbocycles. The molecule has 1 aliphatic rings.